The number of nitrogens with zero attached hydrogens (tertiary/aromatic N) is 1. The molecule has 1 aliphatic rings. The highest BCUT2D eigenvalue weighted by Gasteiger charge is 2.22. The van der Waals surface area contributed by atoms with Crippen LogP contribution in [-0.4, -0.2) is 36.1 Å². The van der Waals surface area contributed by atoms with Crippen LogP contribution in [0.1, 0.15) is 16.7 Å². The zero-order valence-corrected chi connectivity index (χ0v) is 13.9. The van der Waals surface area contributed by atoms with Crippen molar-refractivity contribution in [2.24, 2.45) is 0 Å². The van der Waals surface area contributed by atoms with Crippen LogP contribution in [0.5, 0.6) is 0 Å². The summed E-state index contributed by atoms with van der Waals surface area (Å²) in [7, 11) is 0. The predicted octanol–water partition coefficient (Wildman–Crippen LogP) is 2.07. The van der Waals surface area contributed by atoms with Gasteiger partial charge in [0.25, 0.3) is 0 Å². The fourth-order valence-corrected chi connectivity index (χ4v) is 3.28. The third kappa shape index (κ3) is 3.73. The lowest BCUT2D eigenvalue weighted by molar-refractivity contribution is -0.917. The smallest absolute Gasteiger partial charge is 0.109 e. The lowest BCUT2D eigenvalue weighted by Gasteiger charge is -2.34. The number of hydrogen-bond donors (Lipinski definition) is 1. The molecule has 3 heteroatoms. The zero-order valence-electron chi connectivity index (χ0n) is 13.1. The van der Waals surface area contributed by atoms with Crippen molar-refractivity contribution in [3.8, 4) is 0 Å². The van der Waals surface area contributed by atoms with Crippen LogP contribution in [0.3, 0.4) is 0 Å². The fourth-order valence-electron chi connectivity index (χ4n) is 2.97. The van der Waals surface area contributed by atoms with Gasteiger partial charge in [-0.3, -0.25) is 0 Å². The van der Waals surface area contributed by atoms with E-state index in [1.165, 1.54) is 16.7 Å². The first-order valence-corrected chi connectivity index (χ1v) is 8.36. The summed E-state index contributed by atoms with van der Waals surface area (Å²) in [5.74, 6) is 0. The summed E-state index contributed by atoms with van der Waals surface area (Å²) in [6.45, 7) is 7.63. The summed E-state index contributed by atoms with van der Waals surface area (Å²) in [6.07, 6.45) is 0. The molecule has 1 aliphatic heterocycles. The molecule has 1 saturated heterocycles. The first-order valence-electron chi connectivity index (χ1n) is 7.96. The summed E-state index contributed by atoms with van der Waals surface area (Å²) in [4.78, 5) is 5.00. The van der Waals surface area contributed by atoms with Crippen molar-refractivity contribution < 1.29 is 4.90 Å². The quantitative estimate of drug-likeness (QED) is 0.868. The summed E-state index contributed by atoms with van der Waals surface area (Å²) >= 11 is 5.67. The van der Waals surface area contributed by atoms with Crippen LogP contribution < -0.4 is 4.90 Å². The van der Waals surface area contributed by atoms with Crippen LogP contribution in [0.4, 0.5) is 0 Å². The van der Waals surface area contributed by atoms with E-state index in [4.69, 9.17) is 12.2 Å². The number of nitrogens with one attached hydrogen (secondary N) is 1. The first kappa shape index (κ1) is 15.2. The minimum absolute atomic E-state index is 0.999. The number of thiocarbonyl (C=S) groups is 1. The Morgan fingerprint density at radius 3 is 2.27 bits per heavy atom. The molecule has 0 aromatic heterocycles. The SMILES string of the molecule is Cc1ccc(C(=S)N2CC[NH+](Cc3ccccc3)CC2)cc1. The molecule has 0 unspecified atom stereocenters. The topological polar surface area (TPSA) is 7.68 Å². The molecule has 3 rings (SSSR count). The molecule has 22 heavy (non-hydrogen) atoms. The first-order chi connectivity index (χ1) is 10.7. The molecule has 0 saturated carbocycles. The number of piperazine rings is 1. The molecule has 114 valence electrons. The predicted molar refractivity (Wildman–Crippen MR) is 95.3 cm³/mol. The van der Waals surface area contributed by atoms with Crippen LogP contribution in [0.2, 0.25) is 0 Å². The molecule has 1 heterocycles. The zero-order chi connectivity index (χ0) is 15.4. The Hall–Kier alpha value is -1.71. The molecule has 2 aromatic rings. The van der Waals surface area contributed by atoms with Crippen LogP contribution in [0.25, 0.3) is 0 Å². The van der Waals surface area contributed by atoms with Gasteiger partial charge in [-0.15, -0.1) is 0 Å². The third-order valence-electron chi connectivity index (χ3n) is 4.35. The van der Waals surface area contributed by atoms with Crippen LogP contribution in [0.15, 0.2) is 54.6 Å². The van der Waals surface area contributed by atoms with Gasteiger partial charge in [-0.2, -0.15) is 0 Å². The number of quaternary nitrogens is 1. The van der Waals surface area contributed by atoms with E-state index in [2.05, 4.69) is 66.4 Å². The number of benzene rings is 2. The molecular formula is C19H23N2S+. The number of hydrogen-bond acceptors (Lipinski definition) is 1. The van der Waals surface area contributed by atoms with E-state index in [0.29, 0.717) is 0 Å². The minimum Gasteiger partial charge on any atom is -0.351 e. The second-order valence-electron chi connectivity index (χ2n) is 6.07. The largest absolute Gasteiger partial charge is 0.351 e. The van der Waals surface area contributed by atoms with Crippen LogP contribution >= 0.6 is 12.2 Å². The van der Waals surface area contributed by atoms with Crippen molar-refractivity contribution in [2.75, 3.05) is 26.2 Å². The molecule has 2 nitrogen and oxygen atoms in total. The van der Waals surface area contributed by atoms with E-state index < -0.39 is 0 Å². The van der Waals surface area contributed by atoms with Gasteiger partial charge in [0, 0.05) is 11.1 Å². The van der Waals surface area contributed by atoms with Gasteiger partial charge in [0.05, 0.1) is 26.2 Å². The van der Waals surface area contributed by atoms with E-state index in [1.807, 2.05) is 0 Å². The average Bonchev–Trinajstić information content (AvgIpc) is 2.57. The Balaban J connectivity index is 1.55. The molecule has 0 aliphatic carbocycles. The lowest BCUT2D eigenvalue weighted by atomic mass is 10.1. The van der Waals surface area contributed by atoms with Gasteiger partial charge in [0.15, 0.2) is 0 Å². The highest BCUT2D eigenvalue weighted by molar-refractivity contribution is 7.80. The highest BCUT2D eigenvalue weighted by atomic mass is 32.1. The second kappa shape index (κ2) is 7.03. The average molecular weight is 311 g/mol. The summed E-state index contributed by atoms with van der Waals surface area (Å²) in [5, 5.41) is 0. The van der Waals surface area contributed by atoms with Crippen molar-refractivity contribution in [3.05, 3.63) is 71.3 Å². The molecule has 0 bridgehead atoms. The Morgan fingerprint density at radius 1 is 1.00 bits per heavy atom. The van der Waals surface area contributed by atoms with E-state index in [-0.39, 0.29) is 0 Å². The van der Waals surface area contributed by atoms with Gasteiger partial charge >= 0.3 is 0 Å². The number of rotatable bonds is 3. The van der Waals surface area contributed by atoms with E-state index in [0.717, 1.165) is 37.7 Å². The number of aryl methyl sites for hydroxylation is 1. The standard InChI is InChI=1S/C19H22N2S/c1-16-7-9-18(10-8-16)19(22)21-13-11-20(12-14-21)15-17-5-3-2-4-6-17/h2-10H,11-15H2,1H3/p+1. The maximum atomic E-state index is 5.67. The van der Waals surface area contributed by atoms with Gasteiger partial charge in [0.1, 0.15) is 11.5 Å². The second-order valence-corrected chi connectivity index (χ2v) is 6.46. The third-order valence-corrected chi connectivity index (χ3v) is 4.85. The van der Waals surface area contributed by atoms with Crippen molar-refractivity contribution in [2.45, 2.75) is 13.5 Å². The molecule has 2 aromatic carbocycles. The van der Waals surface area contributed by atoms with Gasteiger partial charge in [-0.05, 0) is 6.92 Å². The van der Waals surface area contributed by atoms with E-state index in [1.54, 1.807) is 4.90 Å². The molecule has 1 fully saturated rings. The monoisotopic (exact) mass is 311 g/mol. The van der Waals surface area contributed by atoms with Crippen molar-refractivity contribution in [1.82, 2.24) is 4.90 Å². The maximum absolute atomic E-state index is 5.67. The van der Waals surface area contributed by atoms with Crippen LogP contribution in [0, 0.1) is 6.92 Å². The van der Waals surface area contributed by atoms with Crippen molar-refractivity contribution in [3.63, 3.8) is 0 Å². The summed E-state index contributed by atoms with van der Waals surface area (Å²) in [5.41, 5.74) is 3.88. The van der Waals surface area contributed by atoms with Crippen molar-refractivity contribution >= 4 is 17.2 Å². The van der Waals surface area contributed by atoms with Gasteiger partial charge in [0.2, 0.25) is 0 Å². The minimum atomic E-state index is 0.999. The Morgan fingerprint density at radius 2 is 1.64 bits per heavy atom. The highest BCUT2D eigenvalue weighted by Crippen LogP contribution is 2.09. The fraction of sp³-hybridized carbons (Fsp3) is 0.316. The van der Waals surface area contributed by atoms with Gasteiger partial charge in [-0.25, -0.2) is 0 Å². The van der Waals surface area contributed by atoms with E-state index >= 15 is 0 Å². The Bertz CT molecular complexity index is 614. The maximum Gasteiger partial charge on any atom is 0.109 e. The van der Waals surface area contributed by atoms with Crippen LogP contribution in [-0.2, 0) is 6.54 Å². The van der Waals surface area contributed by atoms with Gasteiger partial charge in [-0.1, -0.05) is 72.4 Å². The summed E-state index contributed by atoms with van der Waals surface area (Å²) < 4.78 is 0. The molecule has 0 radical (unpaired) electrons. The summed E-state index contributed by atoms with van der Waals surface area (Å²) in [6, 6.07) is 19.3. The van der Waals surface area contributed by atoms with Crippen molar-refractivity contribution in [1.29, 1.82) is 0 Å². The molecule has 0 atom stereocenters. The Labute approximate surface area is 138 Å². The Kier molecular flexibility index (Phi) is 4.86. The normalized spacial score (nSPS) is 15.8. The molecular weight excluding hydrogens is 288 g/mol. The van der Waals surface area contributed by atoms with Gasteiger partial charge < -0.3 is 9.80 Å². The lowest BCUT2D eigenvalue weighted by Crippen LogP contribution is -3.13. The molecule has 0 spiro atoms. The van der Waals surface area contributed by atoms with E-state index in [9.17, 15) is 0 Å². The molecule has 0 amide bonds. The molecule has 1 N–H and O–H groups in total.